The van der Waals surface area contributed by atoms with Crippen LogP contribution in [0.25, 0.3) is 15.9 Å². The van der Waals surface area contributed by atoms with Crippen LogP contribution in [0.1, 0.15) is 5.56 Å². The molecule has 4 rings (SSSR count). The van der Waals surface area contributed by atoms with E-state index in [1.807, 2.05) is 6.07 Å². The average molecular weight is 312 g/mol. The Balaban J connectivity index is 2.03. The fourth-order valence-electron chi connectivity index (χ4n) is 2.67. The third-order valence-corrected chi connectivity index (χ3v) is 4.98. The van der Waals surface area contributed by atoms with E-state index in [0.29, 0.717) is 34.6 Å². The van der Waals surface area contributed by atoms with Gasteiger partial charge in [-0.3, -0.25) is 9.20 Å². The van der Waals surface area contributed by atoms with Gasteiger partial charge < -0.3 is 9.64 Å². The van der Waals surface area contributed by atoms with Crippen LogP contribution >= 0.6 is 11.3 Å². The Morgan fingerprint density at radius 2 is 2.14 bits per heavy atom. The number of pyridine rings is 1. The smallest absolute Gasteiger partial charge is 0.275 e. The van der Waals surface area contributed by atoms with Gasteiger partial charge in [-0.1, -0.05) is 6.07 Å². The Labute approximate surface area is 129 Å². The predicted octanol–water partition coefficient (Wildman–Crippen LogP) is 1.62. The summed E-state index contributed by atoms with van der Waals surface area (Å²) in [5, 5.41) is 10.4. The highest BCUT2D eigenvalue weighted by Crippen LogP contribution is 2.35. The zero-order valence-corrected chi connectivity index (χ0v) is 12.5. The normalized spacial score (nSPS) is 15.3. The molecule has 22 heavy (non-hydrogen) atoms. The maximum atomic E-state index is 12.6. The molecule has 0 atom stereocenters. The zero-order valence-electron chi connectivity index (χ0n) is 11.7. The van der Waals surface area contributed by atoms with E-state index in [9.17, 15) is 10.1 Å². The van der Waals surface area contributed by atoms with Crippen molar-refractivity contribution in [3.05, 3.63) is 40.3 Å². The minimum absolute atomic E-state index is 0.124. The van der Waals surface area contributed by atoms with Crippen LogP contribution in [0.3, 0.4) is 0 Å². The molecule has 7 heteroatoms. The second-order valence-corrected chi connectivity index (χ2v) is 6.02. The number of thiophene rings is 1. The molecule has 4 heterocycles. The topological polar surface area (TPSA) is 70.6 Å². The van der Waals surface area contributed by atoms with Crippen LogP contribution in [0.5, 0.6) is 0 Å². The number of hydrogen-bond donors (Lipinski definition) is 0. The van der Waals surface area contributed by atoms with Crippen LogP contribution in [0, 0.1) is 11.3 Å². The Kier molecular flexibility index (Phi) is 3.06. The first kappa shape index (κ1) is 13.2. The molecule has 0 aromatic carbocycles. The van der Waals surface area contributed by atoms with Crippen molar-refractivity contribution >= 4 is 32.2 Å². The molecular weight excluding hydrogens is 300 g/mol. The number of nitriles is 1. The van der Waals surface area contributed by atoms with Crippen LogP contribution in [0.4, 0.5) is 5.00 Å². The second-order valence-electron chi connectivity index (χ2n) is 5.02. The molecule has 0 bridgehead atoms. The van der Waals surface area contributed by atoms with E-state index in [1.54, 1.807) is 18.3 Å². The summed E-state index contributed by atoms with van der Waals surface area (Å²) in [6.07, 6.45) is 1.70. The SMILES string of the molecule is N#Cc1c(N2CCOCC2)sc2c(=O)n3ccccc3nc12. The molecule has 0 saturated carbocycles. The summed E-state index contributed by atoms with van der Waals surface area (Å²) in [4.78, 5) is 19.3. The van der Waals surface area contributed by atoms with Gasteiger partial charge in [0.15, 0.2) is 0 Å². The van der Waals surface area contributed by atoms with Crippen LogP contribution in [-0.2, 0) is 4.74 Å². The molecule has 1 saturated heterocycles. The lowest BCUT2D eigenvalue weighted by Gasteiger charge is -2.27. The highest BCUT2D eigenvalue weighted by molar-refractivity contribution is 7.23. The molecule has 1 aliphatic rings. The first-order chi connectivity index (χ1) is 10.8. The summed E-state index contributed by atoms with van der Waals surface area (Å²) < 4.78 is 7.40. The Bertz CT molecular complexity index is 963. The van der Waals surface area contributed by atoms with E-state index >= 15 is 0 Å². The van der Waals surface area contributed by atoms with Gasteiger partial charge >= 0.3 is 0 Å². The average Bonchev–Trinajstić information content (AvgIpc) is 2.95. The molecular formula is C15H12N4O2S. The first-order valence-corrected chi connectivity index (χ1v) is 7.78. The molecule has 0 N–H and O–H groups in total. The lowest BCUT2D eigenvalue weighted by atomic mass is 10.2. The maximum Gasteiger partial charge on any atom is 0.275 e. The fraction of sp³-hybridized carbons (Fsp3) is 0.267. The van der Waals surface area contributed by atoms with Crippen LogP contribution in [0.2, 0.25) is 0 Å². The van der Waals surface area contributed by atoms with E-state index < -0.39 is 0 Å². The Morgan fingerprint density at radius 3 is 2.91 bits per heavy atom. The number of nitrogens with zero attached hydrogens (tertiary/aromatic N) is 4. The molecule has 0 amide bonds. The highest BCUT2D eigenvalue weighted by atomic mass is 32.1. The fourth-order valence-corrected chi connectivity index (χ4v) is 3.85. The minimum Gasteiger partial charge on any atom is -0.378 e. The quantitative estimate of drug-likeness (QED) is 0.683. The lowest BCUT2D eigenvalue weighted by molar-refractivity contribution is 0.123. The van der Waals surface area contributed by atoms with Crippen LogP contribution in [-0.4, -0.2) is 35.7 Å². The number of fused-ring (bicyclic) bond motifs is 2. The number of rotatable bonds is 1. The third kappa shape index (κ3) is 1.89. The maximum absolute atomic E-state index is 12.6. The van der Waals surface area contributed by atoms with Crippen molar-refractivity contribution in [2.45, 2.75) is 0 Å². The third-order valence-electron chi connectivity index (χ3n) is 3.75. The van der Waals surface area contributed by atoms with Crippen molar-refractivity contribution in [3.8, 4) is 6.07 Å². The minimum atomic E-state index is -0.124. The number of anilines is 1. The summed E-state index contributed by atoms with van der Waals surface area (Å²) in [7, 11) is 0. The Hall–Kier alpha value is -2.43. The molecule has 6 nitrogen and oxygen atoms in total. The number of hydrogen-bond acceptors (Lipinski definition) is 6. The Morgan fingerprint density at radius 1 is 1.32 bits per heavy atom. The standard InChI is InChI=1S/C15H12N4O2S/c16-9-10-12-13(22-15(10)18-5-7-21-8-6-18)14(20)19-4-2-1-3-11(19)17-12/h1-4H,5-8H2. The molecule has 0 radical (unpaired) electrons. The van der Waals surface area contributed by atoms with E-state index in [0.717, 1.165) is 18.1 Å². The molecule has 110 valence electrons. The van der Waals surface area contributed by atoms with Crippen LogP contribution < -0.4 is 10.5 Å². The van der Waals surface area contributed by atoms with Gasteiger partial charge in [-0.15, -0.1) is 11.3 Å². The van der Waals surface area contributed by atoms with Crippen molar-refractivity contribution in [2.24, 2.45) is 0 Å². The van der Waals surface area contributed by atoms with Gasteiger partial charge in [0, 0.05) is 19.3 Å². The van der Waals surface area contributed by atoms with Gasteiger partial charge in [0.25, 0.3) is 5.56 Å². The van der Waals surface area contributed by atoms with E-state index in [2.05, 4.69) is 16.0 Å². The molecule has 0 aliphatic carbocycles. The summed E-state index contributed by atoms with van der Waals surface area (Å²) in [6, 6.07) is 7.62. The molecule has 0 unspecified atom stereocenters. The van der Waals surface area contributed by atoms with Gasteiger partial charge in [0.05, 0.1) is 13.2 Å². The second kappa shape index (κ2) is 5.09. The number of morpholine rings is 1. The summed E-state index contributed by atoms with van der Waals surface area (Å²) in [6.45, 7) is 2.71. The van der Waals surface area contributed by atoms with Gasteiger partial charge in [-0.05, 0) is 12.1 Å². The van der Waals surface area contributed by atoms with E-state index in [-0.39, 0.29) is 5.56 Å². The van der Waals surface area contributed by atoms with Crippen LogP contribution in [0.15, 0.2) is 29.2 Å². The molecule has 3 aromatic rings. The van der Waals surface area contributed by atoms with Gasteiger partial charge in [-0.25, -0.2) is 4.98 Å². The number of aromatic nitrogens is 2. The van der Waals surface area contributed by atoms with Gasteiger partial charge in [0.1, 0.15) is 32.5 Å². The van der Waals surface area contributed by atoms with Crippen molar-refractivity contribution in [1.29, 1.82) is 5.26 Å². The van der Waals surface area contributed by atoms with Crippen molar-refractivity contribution in [3.63, 3.8) is 0 Å². The van der Waals surface area contributed by atoms with Crippen molar-refractivity contribution in [1.82, 2.24) is 9.38 Å². The van der Waals surface area contributed by atoms with Crippen molar-refractivity contribution in [2.75, 3.05) is 31.2 Å². The summed E-state index contributed by atoms with van der Waals surface area (Å²) in [5.41, 5.74) is 1.43. The predicted molar refractivity (Wildman–Crippen MR) is 84.6 cm³/mol. The summed E-state index contributed by atoms with van der Waals surface area (Å²) >= 11 is 1.35. The zero-order chi connectivity index (χ0) is 15.1. The molecule has 1 aliphatic heterocycles. The summed E-state index contributed by atoms with van der Waals surface area (Å²) in [5.74, 6) is 0. The van der Waals surface area contributed by atoms with Gasteiger partial charge in [-0.2, -0.15) is 5.26 Å². The molecule has 3 aromatic heterocycles. The lowest BCUT2D eigenvalue weighted by Crippen LogP contribution is -2.36. The monoisotopic (exact) mass is 312 g/mol. The molecule has 1 fully saturated rings. The first-order valence-electron chi connectivity index (χ1n) is 6.96. The molecule has 0 spiro atoms. The van der Waals surface area contributed by atoms with Gasteiger partial charge in [0.2, 0.25) is 0 Å². The largest absolute Gasteiger partial charge is 0.378 e. The van der Waals surface area contributed by atoms with E-state index in [1.165, 1.54) is 15.7 Å². The highest BCUT2D eigenvalue weighted by Gasteiger charge is 2.23. The number of ether oxygens (including phenoxy) is 1. The van der Waals surface area contributed by atoms with E-state index in [4.69, 9.17) is 4.74 Å². The van der Waals surface area contributed by atoms with Crippen molar-refractivity contribution < 1.29 is 4.74 Å².